The SMILES string of the molecule is Cc1noc(C)c1CNc1nc2ccc(N)cc2c(=O)[nH]1. The van der Waals surface area contributed by atoms with Crippen LogP contribution in [0.4, 0.5) is 11.6 Å². The summed E-state index contributed by atoms with van der Waals surface area (Å²) in [6.07, 6.45) is 0. The van der Waals surface area contributed by atoms with E-state index in [0.717, 1.165) is 17.0 Å². The molecular weight excluding hydrogens is 270 g/mol. The molecule has 1 aromatic carbocycles. The first-order chi connectivity index (χ1) is 10.0. The van der Waals surface area contributed by atoms with Gasteiger partial charge in [0, 0.05) is 17.8 Å². The van der Waals surface area contributed by atoms with Crippen LogP contribution in [0.3, 0.4) is 0 Å². The maximum absolute atomic E-state index is 12.0. The molecule has 0 atom stereocenters. The van der Waals surface area contributed by atoms with Crippen molar-refractivity contribution in [1.82, 2.24) is 15.1 Å². The summed E-state index contributed by atoms with van der Waals surface area (Å²) in [6, 6.07) is 5.05. The number of nitrogen functional groups attached to an aromatic ring is 1. The number of aromatic amines is 1. The zero-order valence-corrected chi connectivity index (χ0v) is 11.7. The van der Waals surface area contributed by atoms with E-state index in [4.69, 9.17) is 10.3 Å². The number of fused-ring (bicyclic) bond motifs is 1. The lowest BCUT2D eigenvalue weighted by Gasteiger charge is -2.06. The van der Waals surface area contributed by atoms with E-state index >= 15 is 0 Å². The van der Waals surface area contributed by atoms with Crippen LogP contribution in [0.2, 0.25) is 0 Å². The topological polar surface area (TPSA) is 110 Å². The number of aromatic nitrogens is 3. The summed E-state index contributed by atoms with van der Waals surface area (Å²) >= 11 is 0. The Labute approximate surface area is 120 Å². The molecular formula is C14H15N5O2. The van der Waals surface area contributed by atoms with Gasteiger partial charge in [-0.2, -0.15) is 0 Å². The quantitative estimate of drug-likeness (QED) is 0.632. The zero-order valence-electron chi connectivity index (χ0n) is 11.7. The predicted molar refractivity (Wildman–Crippen MR) is 80.1 cm³/mol. The molecule has 7 heteroatoms. The summed E-state index contributed by atoms with van der Waals surface area (Å²) in [4.78, 5) is 19.1. The number of hydrogen-bond donors (Lipinski definition) is 3. The molecule has 0 saturated carbocycles. The smallest absolute Gasteiger partial charge is 0.260 e. The first-order valence-corrected chi connectivity index (χ1v) is 6.50. The lowest BCUT2D eigenvalue weighted by molar-refractivity contribution is 0.392. The van der Waals surface area contributed by atoms with Gasteiger partial charge in [-0.1, -0.05) is 5.16 Å². The largest absolute Gasteiger partial charge is 0.399 e. The van der Waals surface area contributed by atoms with Gasteiger partial charge in [0.15, 0.2) is 0 Å². The molecule has 0 aliphatic rings. The fourth-order valence-electron chi connectivity index (χ4n) is 2.17. The minimum absolute atomic E-state index is 0.228. The van der Waals surface area contributed by atoms with Gasteiger partial charge in [0.25, 0.3) is 5.56 Å². The summed E-state index contributed by atoms with van der Waals surface area (Å²) in [5.41, 5.74) is 8.34. The molecule has 21 heavy (non-hydrogen) atoms. The van der Waals surface area contributed by atoms with E-state index in [2.05, 4.69) is 20.4 Å². The first kappa shape index (κ1) is 13.2. The van der Waals surface area contributed by atoms with Crippen molar-refractivity contribution in [1.29, 1.82) is 0 Å². The number of H-pyrrole nitrogens is 1. The molecule has 0 bridgehead atoms. The molecule has 0 fully saturated rings. The van der Waals surface area contributed by atoms with E-state index < -0.39 is 0 Å². The maximum atomic E-state index is 12.0. The Morgan fingerprint density at radius 2 is 2.19 bits per heavy atom. The van der Waals surface area contributed by atoms with Crippen molar-refractivity contribution in [3.05, 3.63) is 45.6 Å². The molecule has 0 aliphatic carbocycles. The Kier molecular flexibility index (Phi) is 3.09. The summed E-state index contributed by atoms with van der Waals surface area (Å²) in [5, 5.41) is 7.43. The maximum Gasteiger partial charge on any atom is 0.260 e. The fourth-order valence-corrected chi connectivity index (χ4v) is 2.17. The van der Waals surface area contributed by atoms with Crippen molar-refractivity contribution < 1.29 is 4.52 Å². The number of nitrogens with one attached hydrogen (secondary N) is 2. The van der Waals surface area contributed by atoms with Crippen LogP contribution >= 0.6 is 0 Å². The Morgan fingerprint density at radius 3 is 2.90 bits per heavy atom. The third kappa shape index (κ3) is 2.45. The number of nitrogens with zero attached hydrogens (tertiary/aromatic N) is 2. The monoisotopic (exact) mass is 285 g/mol. The fraction of sp³-hybridized carbons (Fsp3) is 0.214. The molecule has 4 N–H and O–H groups in total. The summed E-state index contributed by atoms with van der Waals surface area (Å²) in [7, 11) is 0. The molecule has 0 spiro atoms. The highest BCUT2D eigenvalue weighted by Crippen LogP contribution is 2.15. The summed E-state index contributed by atoms with van der Waals surface area (Å²) in [5.74, 6) is 1.15. The lowest BCUT2D eigenvalue weighted by atomic mass is 10.2. The minimum atomic E-state index is -0.228. The average molecular weight is 285 g/mol. The van der Waals surface area contributed by atoms with Crippen LogP contribution in [0.25, 0.3) is 10.9 Å². The highest BCUT2D eigenvalue weighted by Gasteiger charge is 2.10. The molecule has 108 valence electrons. The van der Waals surface area contributed by atoms with Crippen LogP contribution in [0, 0.1) is 13.8 Å². The van der Waals surface area contributed by atoms with Gasteiger partial charge in [0.1, 0.15) is 5.76 Å². The van der Waals surface area contributed by atoms with E-state index in [9.17, 15) is 4.79 Å². The second-order valence-corrected chi connectivity index (χ2v) is 4.85. The molecule has 7 nitrogen and oxygen atoms in total. The van der Waals surface area contributed by atoms with Crippen molar-refractivity contribution >= 4 is 22.5 Å². The van der Waals surface area contributed by atoms with Gasteiger partial charge in [-0.3, -0.25) is 9.78 Å². The van der Waals surface area contributed by atoms with Crippen LogP contribution in [-0.2, 0) is 6.54 Å². The molecule has 0 unspecified atom stereocenters. The van der Waals surface area contributed by atoms with E-state index in [-0.39, 0.29) is 5.56 Å². The van der Waals surface area contributed by atoms with Crippen molar-refractivity contribution in [2.75, 3.05) is 11.1 Å². The van der Waals surface area contributed by atoms with Crippen LogP contribution in [-0.4, -0.2) is 15.1 Å². The highest BCUT2D eigenvalue weighted by molar-refractivity contribution is 5.81. The molecule has 2 aromatic heterocycles. The van der Waals surface area contributed by atoms with Crippen LogP contribution in [0.5, 0.6) is 0 Å². The number of hydrogen-bond acceptors (Lipinski definition) is 6. The van der Waals surface area contributed by atoms with E-state index in [1.807, 2.05) is 13.8 Å². The van der Waals surface area contributed by atoms with Crippen molar-refractivity contribution in [2.24, 2.45) is 0 Å². The van der Waals surface area contributed by atoms with Gasteiger partial charge in [-0.25, -0.2) is 4.98 Å². The zero-order chi connectivity index (χ0) is 15.0. The number of anilines is 2. The van der Waals surface area contributed by atoms with Gasteiger partial charge in [0.05, 0.1) is 16.6 Å². The molecule has 3 rings (SSSR count). The normalized spacial score (nSPS) is 11.0. The van der Waals surface area contributed by atoms with Crippen molar-refractivity contribution in [3.8, 4) is 0 Å². The Balaban J connectivity index is 1.91. The molecule has 0 saturated heterocycles. The van der Waals surface area contributed by atoms with Gasteiger partial charge in [-0.05, 0) is 32.0 Å². The molecule has 2 heterocycles. The number of rotatable bonds is 3. The highest BCUT2D eigenvalue weighted by atomic mass is 16.5. The standard InChI is InChI=1S/C14H15N5O2/c1-7-11(8(2)21-19-7)6-16-14-17-12-4-3-9(15)5-10(12)13(20)18-14/h3-5H,6,15H2,1-2H3,(H2,16,17,18,20). The van der Waals surface area contributed by atoms with Gasteiger partial charge in [-0.15, -0.1) is 0 Å². The van der Waals surface area contributed by atoms with Crippen molar-refractivity contribution in [2.45, 2.75) is 20.4 Å². The van der Waals surface area contributed by atoms with E-state index in [1.54, 1.807) is 18.2 Å². The predicted octanol–water partition coefficient (Wildman–Crippen LogP) is 1.72. The van der Waals surface area contributed by atoms with E-state index in [0.29, 0.717) is 29.1 Å². The molecule has 0 amide bonds. The molecule has 3 aromatic rings. The Hall–Kier alpha value is -2.83. The van der Waals surface area contributed by atoms with Crippen LogP contribution in [0.1, 0.15) is 17.0 Å². The first-order valence-electron chi connectivity index (χ1n) is 6.50. The number of aryl methyl sites for hydroxylation is 2. The minimum Gasteiger partial charge on any atom is -0.399 e. The van der Waals surface area contributed by atoms with Crippen LogP contribution < -0.4 is 16.6 Å². The third-order valence-electron chi connectivity index (χ3n) is 3.34. The van der Waals surface area contributed by atoms with Crippen LogP contribution in [0.15, 0.2) is 27.5 Å². The molecule has 0 aliphatic heterocycles. The molecule has 0 radical (unpaired) electrons. The number of nitrogens with two attached hydrogens (primary N) is 1. The third-order valence-corrected chi connectivity index (χ3v) is 3.34. The van der Waals surface area contributed by atoms with Crippen molar-refractivity contribution in [3.63, 3.8) is 0 Å². The number of benzene rings is 1. The average Bonchev–Trinajstić information content (AvgIpc) is 2.77. The van der Waals surface area contributed by atoms with Gasteiger partial charge < -0.3 is 15.6 Å². The second-order valence-electron chi connectivity index (χ2n) is 4.85. The lowest BCUT2D eigenvalue weighted by Crippen LogP contribution is -2.13. The van der Waals surface area contributed by atoms with Gasteiger partial charge in [0.2, 0.25) is 5.95 Å². The van der Waals surface area contributed by atoms with Gasteiger partial charge >= 0.3 is 0 Å². The summed E-state index contributed by atoms with van der Waals surface area (Å²) < 4.78 is 5.09. The van der Waals surface area contributed by atoms with E-state index in [1.165, 1.54) is 0 Å². The second kappa shape index (κ2) is 4.93. The Morgan fingerprint density at radius 1 is 1.38 bits per heavy atom. The summed E-state index contributed by atoms with van der Waals surface area (Å²) in [6.45, 7) is 4.19. The Bertz CT molecular complexity index is 846.